The number of rotatable bonds is 3. The molecule has 0 spiro atoms. The average molecular weight is 367 g/mol. The van der Waals surface area contributed by atoms with E-state index in [2.05, 4.69) is 20.4 Å². The van der Waals surface area contributed by atoms with E-state index in [0.29, 0.717) is 28.1 Å². The fourth-order valence-electron chi connectivity index (χ4n) is 3.04. The summed E-state index contributed by atoms with van der Waals surface area (Å²) in [6.45, 7) is 1.80. The monoisotopic (exact) mass is 366 g/mol. The van der Waals surface area contributed by atoms with E-state index in [0.717, 1.165) is 11.1 Å². The van der Waals surface area contributed by atoms with Crippen molar-refractivity contribution in [2.45, 2.75) is 13.0 Å². The van der Waals surface area contributed by atoms with Gasteiger partial charge in [-0.2, -0.15) is 4.98 Å². The fourth-order valence-corrected chi connectivity index (χ4v) is 3.16. The number of allylic oxidation sites excluding steroid dienone is 1. The van der Waals surface area contributed by atoms with E-state index in [9.17, 15) is 4.79 Å². The molecule has 0 bridgehead atoms. The highest BCUT2D eigenvalue weighted by Crippen LogP contribution is 2.35. The van der Waals surface area contributed by atoms with Gasteiger partial charge in [-0.1, -0.05) is 17.7 Å². The van der Waals surface area contributed by atoms with Gasteiger partial charge >= 0.3 is 0 Å². The summed E-state index contributed by atoms with van der Waals surface area (Å²) >= 11 is 5.95. The number of halogens is 1. The maximum atomic E-state index is 12.1. The number of hydrogen-bond acceptors (Lipinski definition) is 5. The first-order chi connectivity index (χ1) is 12.5. The molecule has 1 aliphatic heterocycles. The predicted octanol–water partition coefficient (Wildman–Crippen LogP) is 2.77. The number of aromatic nitrogens is 4. The molecule has 0 saturated carbocycles. The normalized spacial score (nSPS) is 16.2. The second-order valence-corrected chi connectivity index (χ2v) is 6.36. The SMILES string of the molecule is CC1=C(C(N)=O)C(c2cccnc2)n2nc(-c3ccc(Cl)cc3)nc2N1. The third-order valence-electron chi connectivity index (χ3n) is 4.22. The number of primary amides is 1. The Morgan fingerprint density at radius 2 is 2.04 bits per heavy atom. The number of anilines is 1. The van der Waals surface area contributed by atoms with Crippen molar-refractivity contribution in [1.82, 2.24) is 19.7 Å². The molecule has 3 aromatic rings. The van der Waals surface area contributed by atoms with Crippen molar-refractivity contribution in [3.8, 4) is 11.4 Å². The van der Waals surface area contributed by atoms with Gasteiger partial charge in [0.15, 0.2) is 5.82 Å². The summed E-state index contributed by atoms with van der Waals surface area (Å²) in [5.74, 6) is 0.543. The first-order valence-corrected chi connectivity index (χ1v) is 8.32. The van der Waals surface area contributed by atoms with Gasteiger partial charge in [-0.3, -0.25) is 9.78 Å². The molecule has 3 N–H and O–H groups in total. The average Bonchev–Trinajstić information content (AvgIpc) is 3.05. The van der Waals surface area contributed by atoms with Gasteiger partial charge in [-0.15, -0.1) is 5.10 Å². The van der Waals surface area contributed by atoms with Crippen molar-refractivity contribution in [3.05, 3.63) is 70.6 Å². The second-order valence-electron chi connectivity index (χ2n) is 5.93. The van der Waals surface area contributed by atoms with Gasteiger partial charge in [0.2, 0.25) is 11.9 Å². The van der Waals surface area contributed by atoms with E-state index in [1.807, 2.05) is 24.3 Å². The number of fused-ring (bicyclic) bond motifs is 1. The molecule has 1 aliphatic rings. The van der Waals surface area contributed by atoms with Gasteiger partial charge in [-0.25, -0.2) is 4.68 Å². The molecular weight excluding hydrogens is 352 g/mol. The molecule has 1 amide bonds. The number of carbonyl (C=O) groups excluding carboxylic acids is 1. The minimum absolute atomic E-state index is 0.429. The van der Waals surface area contributed by atoms with Crippen LogP contribution in [0.5, 0.6) is 0 Å². The molecule has 0 radical (unpaired) electrons. The Balaban J connectivity index is 1.87. The minimum atomic E-state index is -0.516. The molecule has 3 heterocycles. The van der Waals surface area contributed by atoms with E-state index in [4.69, 9.17) is 17.3 Å². The lowest BCUT2D eigenvalue weighted by Gasteiger charge is -2.27. The zero-order valence-electron chi connectivity index (χ0n) is 13.8. The summed E-state index contributed by atoms with van der Waals surface area (Å²) in [5, 5.41) is 8.36. The maximum Gasteiger partial charge on any atom is 0.248 e. The van der Waals surface area contributed by atoms with Crippen molar-refractivity contribution in [2.75, 3.05) is 5.32 Å². The molecule has 8 heteroatoms. The summed E-state index contributed by atoms with van der Waals surface area (Å²) < 4.78 is 1.66. The molecule has 1 aromatic carbocycles. The highest BCUT2D eigenvalue weighted by atomic mass is 35.5. The molecule has 1 unspecified atom stereocenters. The fraction of sp³-hybridized carbons (Fsp3) is 0.111. The smallest absolute Gasteiger partial charge is 0.248 e. The van der Waals surface area contributed by atoms with Crippen LogP contribution in [0.25, 0.3) is 11.4 Å². The molecule has 2 aromatic heterocycles. The Hall–Kier alpha value is -3.19. The molecule has 4 rings (SSSR count). The first kappa shape index (κ1) is 16.3. The number of hydrogen-bond donors (Lipinski definition) is 2. The van der Waals surface area contributed by atoms with Crippen LogP contribution in [0, 0.1) is 0 Å². The van der Waals surface area contributed by atoms with Crippen molar-refractivity contribution >= 4 is 23.5 Å². The van der Waals surface area contributed by atoms with Crippen molar-refractivity contribution < 1.29 is 4.79 Å². The first-order valence-electron chi connectivity index (χ1n) is 7.94. The maximum absolute atomic E-state index is 12.1. The topological polar surface area (TPSA) is 98.7 Å². The number of amides is 1. The van der Waals surface area contributed by atoms with E-state index in [1.54, 1.807) is 36.1 Å². The van der Waals surface area contributed by atoms with E-state index < -0.39 is 11.9 Å². The summed E-state index contributed by atoms with van der Waals surface area (Å²) in [6, 6.07) is 10.4. The van der Waals surface area contributed by atoms with Crippen LogP contribution >= 0.6 is 11.6 Å². The van der Waals surface area contributed by atoms with Crippen LogP contribution in [0.2, 0.25) is 5.02 Å². The standard InChI is InChI=1S/C18H15ClN6O/c1-10-14(16(20)26)15(12-3-2-8-21-9-12)25-18(22-10)23-17(24-25)11-4-6-13(19)7-5-11/h2-9,15H,1H3,(H2,20,26)(H,22,23,24). The quantitative estimate of drug-likeness (QED) is 0.742. The lowest BCUT2D eigenvalue weighted by molar-refractivity contribution is -0.115. The molecular formula is C18H15ClN6O. The summed E-state index contributed by atoms with van der Waals surface area (Å²) in [6.07, 6.45) is 3.37. The van der Waals surface area contributed by atoms with Crippen LogP contribution in [-0.4, -0.2) is 25.7 Å². The molecule has 130 valence electrons. The van der Waals surface area contributed by atoms with Gasteiger partial charge in [0.1, 0.15) is 6.04 Å². The van der Waals surface area contributed by atoms with E-state index in [1.165, 1.54) is 0 Å². The molecule has 0 aliphatic carbocycles. The summed E-state index contributed by atoms with van der Waals surface area (Å²) in [5.41, 5.74) is 8.34. The van der Waals surface area contributed by atoms with Crippen molar-refractivity contribution in [2.24, 2.45) is 5.73 Å². The number of benzene rings is 1. The Morgan fingerprint density at radius 1 is 1.27 bits per heavy atom. The van der Waals surface area contributed by atoms with Gasteiger partial charge in [0.05, 0.1) is 5.57 Å². The summed E-state index contributed by atoms with van der Waals surface area (Å²) in [7, 11) is 0. The van der Waals surface area contributed by atoms with Crippen LogP contribution in [0.4, 0.5) is 5.95 Å². The zero-order chi connectivity index (χ0) is 18.3. The molecule has 0 fully saturated rings. The van der Waals surface area contributed by atoms with Gasteiger partial charge in [-0.05, 0) is 42.8 Å². The third kappa shape index (κ3) is 2.72. The van der Waals surface area contributed by atoms with Crippen LogP contribution in [-0.2, 0) is 4.79 Å². The third-order valence-corrected chi connectivity index (χ3v) is 4.47. The zero-order valence-corrected chi connectivity index (χ0v) is 14.6. The Labute approximate surface area is 154 Å². The number of nitrogens with one attached hydrogen (secondary N) is 1. The van der Waals surface area contributed by atoms with E-state index in [-0.39, 0.29) is 0 Å². The predicted molar refractivity (Wildman–Crippen MR) is 98.4 cm³/mol. The molecule has 26 heavy (non-hydrogen) atoms. The van der Waals surface area contributed by atoms with Crippen molar-refractivity contribution in [1.29, 1.82) is 0 Å². The largest absolute Gasteiger partial charge is 0.366 e. The van der Waals surface area contributed by atoms with Crippen LogP contribution in [0.15, 0.2) is 60.1 Å². The second kappa shape index (κ2) is 6.27. The number of pyridine rings is 1. The number of nitrogens with two attached hydrogens (primary N) is 1. The molecule has 0 saturated heterocycles. The Morgan fingerprint density at radius 3 is 2.69 bits per heavy atom. The van der Waals surface area contributed by atoms with Crippen LogP contribution < -0.4 is 11.1 Å². The van der Waals surface area contributed by atoms with Gasteiger partial charge in [0.25, 0.3) is 0 Å². The Kier molecular flexibility index (Phi) is 3.93. The lowest BCUT2D eigenvalue weighted by atomic mass is 9.97. The molecule has 7 nitrogen and oxygen atoms in total. The summed E-state index contributed by atoms with van der Waals surface area (Å²) in [4.78, 5) is 20.8. The molecule has 1 atom stereocenters. The van der Waals surface area contributed by atoms with Crippen LogP contribution in [0.1, 0.15) is 18.5 Å². The van der Waals surface area contributed by atoms with Crippen LogP contribution in [0.3, 0.4) is 0 Å². The Bertz CT molecular complexity index is 1010. The van der Waals surface area contributed by atoms with E-state index >= 15 is 0 Å². The highest BCUT2D eigenvalue weighted by molar-refractivity contribution is 6.30. The number of nitrogens with zero attached hydrogens (tertiary/aromatic N) is 4. The minimum Gasteiger partial charge on any atom is -0.366 e. The lowest BCUT2D eigenvalue weighted by Crippen LogP contribution is -2.31. The number of carbonyl (C=O) groups is 1. The van der Waals surface area contributed by atoms with Gasteiger partial charge < -0.3 is 11.1 Å². The van der Waals surface area contributed by atoms with Gasteiger partial charge in [0, 0.05) is 28.7 Å². The highest BCUT2D eigenvalue weighted by Gasteiger charge is 2.33. The van der Waals surface area contributed by atoms with Crippen molar-refractivity contribution in [3.63, 3.8) is 0 Å².